The van der Waals surface area contributed by atoms with Crippen molar-refractivity contribution in [3.05, 3.63) is 50.1 Å². The van der Waals surface area contributed by atoms with E-state index < -0.39 is 0 Å². The summed E-state index contributed by atoms with van der Waals surface area (Å²) in [6.07, 6.45) is 10.7. The molecule has 11 heavy (non-hydrogen) atoms. The zero-order valence-corrected chi connectivity index (χ0v) is 6.27. The second-order valence-electron chi connectivity index (χ2n) is 2.06. The molecule has 0 amide bonds. The molecule has 0 spiro atoms. The summed E-state index contributed by atoms with van der Waals surface area (Å²) in [6.45, 7) is 7.38. The molecule has 0 aliphatic heterocycles. The maximum absolute atomic E-state index is 3.89. The Morgan fingerprint density at radius 1 is 1.55 bits per heavy atom. The molecular formula is C9H10N2. The summed E-state index contributed by atoms with van der Waals surface area (Å²) in [5.41, 5.74) is 0.877. The largest absolute Gasteiger partial charge is 0.307 e. The van der Waals surface area contributed by atoms with Gasteiger partial charge in [-0.3, -0.25) is 0 Å². The molecule has 0 saturated heterocycles. The van der Waals surface area contributed by atoms with E-state index in [2.05, 4.69) is 18.1 Å². The summed E-state index contributed by atoms with van der Waals surface area (Å²) in [4.78, 5) is 3.89. The molecule has 0 fully saturated rings. The number of rotatable bonds is 3. The predicted octanol–water partition coefficient (Wildman–Crippen LogP) is 2.10. The number of imidazole rings is 1. The van der Waals surface area contributed by atoms with E-state index in [9.17, 15) is 0 Å². The Labute approximate surface area is 66.2 Å². The molecule has 0 atom stereocenters. The molecule has 0 aromatic carbocycles. The highest BCUT2D eigenvalue weighted by Crippen LogP contribution is 2.01. The maximum atomic E-state index is 3.89. The van der Waals surface area contributed by atoms with Crippen molar-refractivity contribution in [1.29, 1.82) is 0 Å². The molecular weight excluding hydrogens is 136 g/mol. The molecule has 0 N–H and O–H groups in total. The monoisotopic (exact) mass is 146 g/mol. The van der Waals surface area contributed by atoms with Gasteiger partial charge in [0.15, 0.2) is 0 Å². The van der Waals surface area contributed by atoms with Crippen molar-refractivity contribution in [2.75, 3.05) is 0 Å². The van der Waals surface area contributed by atoms with Gasteiger partial charge in [-0.15, -0.1) is 0 Å². The summed E-state index contributed by atoms with van der Waals surface area (Å²) in [7, 11) is 0. The van der Waals surface area contributed by atoms with Gasteiger partial charge in [0.1, 0.15) is 0 Å². The van der Waals surface area contributed by atoms with Crippen molar-refractivity contribution in [2.45, 2.75) is 0 Å². The van der Waals surface area contributed by atoms with Crippen LogP contribution in [0.15, 0.2) is 50.1 Å². The van der Waals surface area contributed by atoms with Crippen LogP contribution in [0.3, 0.4) is 0 Å². The predicted molar refractivity (Wildman–Crippen MR) is 46.9 cm³/mol. The van der Waals surface area contributed by atoms with Gasteiger partial charge in [0.05, 0.1) is 6.33 Å². The average molecular weight is 146 g/mol. The molecule has 0 saturated carbocycles. The van der Waals surface area contributed by atoms with E-state index in [0.29, 0.717) is 0 Å². The molecule has 2 heteroatoms. The van der Waals surface area contributed by atoms with Crippen LogP contribution in [-0.4, -0.2) is 9.55 Å². The van der Waals surface area contributed by atoms with E-state index in [1.54, 1.807) is 18.6 Å². The van der Waals surface area contributed by atoms with E-state index in [4.69, 9.17) is 0 Å². The molecule has 0 radical (unpaired) electrons. The summed E-state index contributed by atoms with van der Waals surface area (Å²) >= 11 is 0. The third-order valence-corrected chi connectivity index (χ3v) is 1.26. The Kier molecular flexibility index (Phi) is 2.44. The van der Waals surface area contributed by atoms with E-state index >= 15 is 0 Å². The van der Waals surface area contributed by atoms with E-state index in [1.807, 2.05) is 22.9 Å². The van der Waals surface area contributed by atoms with Crippen LogP contribution in [0.25, 0.3) is 5.70 Å². The molecule has 0 aliphatic carbocycles. The number of aromatic nitrogens is 2. The van der Waals surface area contributed by atoms with Gasteiger partial charge in [-0.2, -0.15) is 0 Å². The zero-order chi connectivity index (χ0) is 8.10. The van der Waals surface area contributed by atoms with Crippen molar-refractivity contribution in [3.8, 4) is 0 Å². The van der Waals surface area contributed by atoms with Gasteiger partial charge in [-0.1, -0.05) is 25.3 Å². The van der Waals surface area contributed by atoms with Crippen molar-refractivity contribution in [1.82, 2.24) is 9.55 Å². The van der Waals surface area contributed by atoms with Crippen LogP contribution in [-0.2, 0) is 0 Å². The maximum Gasteiger partial charge on any atom is 0.0991 e. The minimum absolute atomic E-state index is 0.877. The Hall–Kier alpha value is -1.57. The van der Waals surface area contributed by atoms with Crippen LogP contribution in [0, 0.1) is 0 Å². The fourth-order valence-electron chi connectivity index (χ4n) is 0.694. The first kappa shape index (κ1) is 7.54. The van der Waals surface area contributed by atoms with E-state index in [-0.39, 0.29) is 0 Å². The van der Waals surface area contributed by atoms with Crippen molar-refractivity contribution in [2.24, 2.45) is 0 Å². The van der Waals surface area contributed by atoms with Crippen molar-refractivity contribution < 1.29 is 0 Å². The van der Waals surface area contributed by atoms with Crippen LogP contribution in [0.5, 0.6) is 0 Å². The number of hydrogen-bond donors (Lipinski definition) is 0. The van der Waals surface area contributed by atoms with E-state index in [1.165, 1.54) is 0 Å². The molecule has 2 nitrogen and oxygen atoms in total. The standard InChI is InChI=1S/C9H10N2/c1-3-4-5-9(2)11-7-6-10-8-11/h3-8H,1-2H2/b5-4-. The molecule has 1 aromatic rings. The Morgan fingerprint density at radius 2 is 2.36 bits per heavy atom. The first-order valence-electron chi connectivity index (χ1n) is 3.31. The quantitative estimate of drug-likeness (QED) is 0.597. The van der Waals surface area contributed by atoms with E-state index in [0.717, 1.165) is 5.70 Å². The molecule has 1 rings (SSSR count). The van der Waals surface area contributed by atoms with Crippen LogP contribution in [0.4, 0.5) is 0 Å². The zero-order valence-electron chi connectivity index (χ0n) is 6.27. The van der Waals surface area contributed by atoms with Crippen molar-refractivity contribution >= 4 is 5.70 Å². The highest BCUT2D eigenvalue weighted by molar-refractivity contribution is 5.54. The fourth-order valence-corrected chi connectivity index (χ4v) is 0.694. The average Bonchev–Trinajstić information content (AvgIpc) is 2.52. The lowest BCUT2D eigenvalue weighted by Crippen LogP contribution is -1.86. The Balaban J connectivity index is 2.71. The molecule has 0 aliphatic rings. The SMILES string of the molecule is C=C/C=C\C(=C)n1ccnc1. The van der Waals surface area contributed by atoms with Gasteiger partial charge >= 0.3 is 0 Å². The second kappa shape index (κ2) is 3.56. The van der Waals surface area contributed by atoms with Gasteiger partial charge in [0.2, 0.25) is 0 Å². The molecule has 1 aromatic heterocycles. The summed E-state index contributed by atoms with van der Waals surface area (Å²) in [5.74, 6) is 0. The molecule has 0 unspecified atom stereocenters. The summed E-state index contributed by atoms with van der Waals surface area (Å²) in [5, 5.41) is 0. The van der Waals surface area contributed by atoms with Gasteiger partial charge in [-0.05, 0) is 6.08 Å². The van der Waals surface area contributed by atoms with Crippen LogP contribution in [0.1, 0.15) is 0 Å². The highest BCUT2D eigenvalue weighted by Gasteiger charge is 1.87. The van der Waals surface area contributed by atoms with Gasteiger partial charge < -0.3 is 4.57 Å². The number of hydrogen-bond acceptors (Lipinski definition) is 1. The first-order chi connectivity index (χ1) is 5.34. The Bertz CT molecular complexity index is 268. The lowest BCUT2D eigenvalue weighted by molar-refractivity contribution is 1.10. The molecule has 56 valence electrons. The smallest absolute Gasteiger partial charge is 0.0991 e. The molecule has 1 heterocycles. The van der Waals surface area contributed by atoms with Crippen LogP contribution in [0.2, 0.25) is 0 Å². The minimum atomic E-state index is 0.877. The number of allylic oxidation sites excluding steroid dienone is 4. The third-order valence-electron chi connectivity index (χ3n) is 1.26. The second-order valence-corrected chi connectivity index (χ2v) is 2.06. The fraction of sp³-hybridized carbons (Fsp3) is 0. The minimum Gasteiger partial charge on any atom is -0.307 e. The highest BCUT2D eigenvalue weighted by atomic mass is 15.0. The van der Waals surface area contributed by atoms with Crippen LogP contribution >= 0.6 is 0 Å². The topological polar surface area (TPSA) is 17.8 Å². The summed E-state index contributed by atoms with van der Waals surface area (Å²) in [6, 6.07) is 0. The number of nitrogens with zero attached hydrogens (tertiary/aromatic N) is 2. The Morgan fingerprint density at radius 3 is 2.91 bits per heavy atom. The van der Waals surface area contributed by atoms with Crippen LogP contribution < -0.4 is 0 Å². The summed E-state index contributed by atoms with van der Waals surface area (Å²) < 4.78 is 1.83. The van der Waals surface area contributed by atoms with Crippen molar-refractivity contribution in [3.63, 3.8) is 0 Å². The first-order valence-corrected chi connectivity index (χ1v) is 3.31. The van der Waals surface area contributed by atoms with Gasteiger partial charge in [-0.25, -0.2) is 4.98 Å². The third kappa shape index (κ3) is 1.93. The normalized spacial score (nSPS) is 10.2. The molecule has 0 bridgehead atoms. The lowest BCUT2D eigenvalue weighted by Gasteiger charge is -1.97. The van der Waals surface area contributed by atoms with Gasteiger partial charge in [0, 0.05) is 18.1 Å². The van der Waals surface area contributed by atoms with Gasteiger partial charge in [0.25, 0.3) is 0 Å². The lowest BCUT2D eigenvalue weighted by atomic mass is 10.4.